The molecule has 3 rings (SSSR count). The number of methoxy groups -OCH3 is 1. The average molecular weight is 393 g/mol. The van der Waals surface area contributed by atoms with Crippen LogP contribution in [0.4, 0.5) is 4.39 Å². The highest BCUT2D eigenvalue weighted by atomic mass is 35.5. The summed E-state index contributed by atoms with van der Waals surface area (Å²) < 4.78 is 25.5. The summed E-state index contributed by atoms with van der Waals surface area (Å²) in [6.07, 6.45) is 3.77. The third-order valence-electron chi connectivity index (χ3n) is 3.95. The zero-order chi connectivity index (χ0) is 19.6. The number of oxazole rings is 1. The SMILES string of the molecule is COc1cn(C(Cc2ncco2)C(=O)O)c(=O)cc1-c1cc(Cl)ccc1F. The van der Waals surface area contributed by atoms with Crippen molar-refractivity contribution in [3.63, 3.8) is 0 Å². The predicted octanol–water partition coefficient (Wildman–Crippen LogP) is 3.17. The fourth-order valence-corrected chi connectivity index (χ4v) is 2.85. The quantitative estimate of drug-likeness (QED) is 0.692. The van der Waals surface area contributed by atoms with Crippen LogP contribution in [0.1, 0.15) is 11.9 Å². The van der Waals surface area contributed by atoms with Crippen molar-refractivity contribution in [1.82, 2.24) is 9.55 Å². The Labute approximate surface area is 157 Å². The molecule has 0 spiro atoms. The smallest absolute Gasteiger partial charge is 0.327 e. The summed E-state index contributed by atoms with van der Waals surface area (Å²) in [6.45, 7) is 0. The molecule has 3 aromatic rings. The second-order valence-electron chi connectivity index (χ2n) is 5.61. The van der Waals surface area contributed by atoms with Gasteiger partial charge in [-0.05, 0) is 18.2 Å². The summed E-state index contributed by atoms with van der Waals surface area (Å²) in [4.78, 5) is 28.2. The molecule has 0 radical (unpaired) electrons. The summed E-state index contributed by atoms with van der Waals surface area (Å²) in [5.74, 6) is -1.56. The van der Waals surface area contributed by atoms with Crippen molar-refractivity contribution in [2.45, 2.75) is 12.5 Å². The molecule has 1 unspecified atom stereocenters. The summed E-state index contributed by atoms with van der Waals surface area (Å²) in [5, 5.41) is 9.82. The standard InChI is InChI=1S/C18H14ClFN2O5/c1-26-15-9-22(14(18(24)25)8-16-21-4-5-27-16)17(23)7-12(15)11-6-10(19)2-3-13(11)20/h2-7,9,14H,8H2,1H3,(H,24,25). The Hall–Kier alpha value is -3.13. The lowest BCUT2D eigenvalue weighted by Gasteiger charge is -2.17. The zero-order valence-corrected chi connectivity index (χ0v) is 14.8. The second kappa shape index (κ2) is 7.63. The van der Waals surface area contributed by atoms with Crippen molar-refractivity contribution < 1.29 is 23.4 Å². The average Bonchev–Trinajstić information content (AvgIpc) is 3.15. The first kappa shape index (κ1) is 18.7. The predicted molar refractivity (Wildman–Crippen MR) is 94.5 cm³/mol. The van der Waals surface area contributed by atoms with Crippen LogP contribution < -0.4 is 10.3 Å². The molecule has 2 heterocycles. The van der Waals surface area contributed by atoms with Crippen LogP contribution in [-0.4, -0.2) is 27.7 Å². The van der Waals surface area contributed by atoms with Gasteiger partial charge in [-0.1, -0.05) is 11.6 Å². The molecule has 0 aliphatic rings. The van der Waals surface area contributed by atoms with Crippen molar-refractivity contribution in [2.24, 2.45) is 0 Å². The van der Waals surface area contributed by atoms with Gasteiger partial charge in [0.2, 0.25) is 0 Å². The number of ether oxygens (including phenoxy) is 1. The molecule has 0 bridgehead atoms. The van der Waals surface area contributed by atoms with Crippen LogP contribution in [0.3, 0.4) is 0 Å². The first-order valence-electron chi connectivity index (χ1n) is 7.77. The van der Waals surface area contributed by atoms with Crippen molar-refractivity contribution in [1.29, 1.82) is 0 Å². The topological polar surface area (TPSA) is 94.6 Å². The van der Waals surface area contributed by atoms with Gasteiger partial charge in [0.15, 0.2) is 5.89 Å². The molecule has 140 valence electrons. The lowest BCUT2D eigenvalue weighted by Crippen LogP contribution is -2.31. The van der Waals surface area contributed by atoms with E-state index in [9.17, 15) is 19.1 Å². The summed E-state index contributed by atoms with van der Waals surface area (Å²) in [5.41, 5.74) is -0.411. The van der Waals surface area contributed by atoms with Crippen LogP contribution in [0.2, 0.25) is 5.02 Å². The number of hydrogen-bond donors (Lipinski definition) is 1. The van der Waals surface area contributed by atoms with Crippen LogP contribution in [0.25, 0.3) is 11.1 Å². The first-order valence-corrected chi connectivity index (χ1v) is 8.15. The number of pyridine rings is 1. The van der Waals surface area contributed by atoms with Gasteiger partial charge in [-0.2, -0.15) is 0 Å². The number of benzene rings is 1. The molecule has 0 aliphatic carbocycles. The van der Waals surface area contributed by atoms with Crippen LogP contribution in [0.15, 0.2) is 52.1 Å². The van der Waals surface area contributed by atoms with E-state index in [0.717, 1.165) is 10.6 Å². The lowest BCUT2D eigenvalue weighted by molar-refractivity contribution is -0.141. The largest absolute Gasteiger partial charge is 0.495 e. The molecule has 2 aromatic heterocycles. The molecule has 27 heavy (non-hydrogen) atoms. The van der Waals surface area contributed by atoms with E-state index in [-0.39, 0.29) is 34.2 Å². The third kappa shape index (κ3) is 3.85. The molecule has 0 aliphatic heterocycles. The number of halogens is 2. The van der Waals surface area contributed by atoms with Gasteiger partial charge in [-0.3, -0.25) is 9.36 Å². The highest BCUT2D eigenvalue weighted by Crippen LogP contribution is 2.33. The molecular weight excluding hydrogens is 379 g/mol. The maximum Gasteiger partial charge on any atom is 0.327 e. The number of rotatable bonds is 6. The Kier molecular flexibility index (Phi) is 5.27. The summed E-state index contributed by atoms with van der Waals surface area (Å²) in [6, 6.07) is 3.75. The van der Waals surface area contributed by atoms with E-state index in [1.807, 2.05) is 0 Å². The van der Waals surface area contributed by atoms with Crippen molar-refractivity contribution in [3.05, 3.63) is 70.0 Å². The molecular formula is C18H14ClFN2O5. The molecule has 0 saturated carbocycles. The van der Waals surface area contributed by atoms with E-state index in [2.05, 4.69) is 4.98 Å². The van der Waals surface area contributed by atoms with Gasteiger partial charge in [-0.25, -0.2) is 14.2 Å². The van der Waals surface area contributed by atoms with Crippen molar-refractivity contribution in [2.75, 3.05) is 7.11 Å². The van der Waals surface area contributed by atoms with Gasteiger partial charge in [0.05, 0.1) is 25.9 Å². The fourth-order valence-electron chi connectivity index (χ4n) is 2.67. The minimum Gasteiger partial charge on any atom is -0.495 e. The van der Waals surface area contributed by atoms with E-state index >= 15 is 0 Å². The highest BCUT2D eigenvalue weighted by Gasteiger charge is 2.25. The molecule has 1 atom stereocenters. The highest BCUT2D eigenvalue weighted by molar-refractivity contribution is 6.30. The monoisotopic (exact) mass is 392 g/mol. The van der Waals surface area contributed by atoms with Gasteiger partial charge >= 0.3 is 5.97 Å². The third-order valence-corrected chi connectivity index (χ3v) is 4.19. The van der Waals surface area contributed by atoms with Gasteiger partial charge in [0.1, 0.15) is 23.9 Å². The molecule has 0 saturated heterocycles. The van der Waals surface area contributed by atoms with Crippen LogP contribution >= 0.6 is 11.6 Å². The minimum atomic E-state index is -1.27. The van der Waals surface area contributed by atoms with Crippen LogP contribution in [0.5, 0.6) is 5.75 Å². The maximum absolute atomic E-state index is 14.2. The zero-order valence-electron chi connectivity index (χ0n) is 14.1. The number of hydrogen-bond acceptors (Lipinski definition) is 5. The van der Waals surface area contributed by atoms with Gasteiger partial charge in [0.25, 0.3) is 5.56 Å². The van der Waals surface area contributed by atoms with Gasteiger partial charge in [-0.15, -0.1) is 0 Å². The van der Waals surface area contributed by atoms with Crippen molar-refractivity contribution in [3.8, 4) is 16.9 Å². The fraction of sp³-hybridized carbons (Fsp3) is 0.167. The number of aromatic nitrogens is 2. The Morgan fingerprint density at radius 1 is 1.41 bits per heavy atom. The summed E-state index contributed by atoms with van der Waals surface area (Å²) in [7, 11) is 1.33. The molecule has 7 nitrogen and oxygen atoms in total. The number of carbonyl (C=O) groups is 1. The maximum atomic E-state index is 14.2. The number of carboxylic acid groups (broad SMARTS) is 1. The van der Waals surface area contributed by atoms with E-state index in [0.29, 0.717) is 0 Å². The Morgan fingerprint density at radius 3 is 2.81 bits per heavy atom. The van der Waals surface area contributed by atoms with Crippen LogP contribution in [-0.2, 0) is 11.2 Å². The number of aliphatic carboxylic acids is 1. The van der Waals surface area contributed by atoms with E-state index < -0.39 is 23.4 Å². The van der Waals surface area contributed by atoms with E-state index in [1.165, 1.54) is 44.0 Å². The Morgan fingerprint density at radius 2 is 2.19 bits per heavy atom. The van der Waals surface area contributed by atoms with E-state index in [1.54, 1.807) is 0 Å². The van der Waals surface area contributed by atoms with E-state index in [4.69, 9.17) is 20.8 Å². The number of nitrogens with zero attached hydrogens (tertiary/aromatic N) is 2. The first-order chi connectivity index (χ1) is 12.9. The van der Waals surface area contributed by atoms with Gasteiger partial charge in [0, 0.05) is 22.2 Å². The second-order valence-corrected chi connectivity index (χ2v) is 6.05. The normalized spacial score (nSPS) is 12.0. The molecule has 9 heteroatoms. The molecule has 1 N–H and O–H groups in total. The Bertz CT molecular complexity index is 1030. The Balaban J connectivity index is 2.12. The molecule has 0 fully saturated rings. The van der Waals surface area contributed by atoms with Crippen LogP contribution in [0, 0.1) is 5.82 Å². The minimum absolute atomic E-state index is 0.0724. The number of carboxylic acids is 1. The summed E-state index contributed by atoms with van der Waals surface area (Å²) >= 11 is 5.92. The lowest BCUT2D eigenvalue weighted by atomic mass is 10.0. The molecule has 1 aromatic carbocycles. The van der Waals surface area contributed by atoms with Crippen molar-refractivity contribution >= 4 is 17.6 Å². The van der Waals surface area contributed by atoms with Gasteiger partial charge < -0.3 is 14.3 Å². The molecule has 0 amide bonds.